The van der Waals surface area contributed by atoms with Crippen molar-refractivity contribution in [1.82, 2.24) is 15.2 Å². The summed E-state index contributed by atoms with van der Waals surface area (Å²) >= 11 is 0. The number of sulfonamides is 1. The van der Waals surface area contributed by atoms with E-state index in [2.05, 4.69) is 15.6 Å². The number of aliphatic hydroxyl groups excluding tert-OH is 1. The van der Waals surface area contributed by atoms with Crippen molar-refractivity contribution in [3.05, 3.63) is 53.6 Å². The van der Waals surface area contributed by atoms with E-state index in [0.29, 0.717) is 5.82 Å². The summed E-state index contributed by atoms with van der Waals surface area (Å²) in [4.78, 5) is 32.3. The first-order chi connectivity index (χ1) is 20.0. The van der Waals surface area contributed by atoms with E-state index in [1.807, 2.05) is 44.2 Å². The average molecular weight is 622 g/mol. The van der Waals surface area contributed by atoms with E-state index in [-0.39, 0.29) is 36.8 Å². The van der Waals surface area contributed by atoms with Crippen LogP contribution < -0.4 is 14.9 Å². The van der Waals surface area contributed by atoms with Crippen LogP contribution in [-0.2, 0) is 21.2 Å². The normalized spacial score (nSPS) is 19.3. The first-order valence-electron chi connectivity index (χ1n) is 14.4. The second-order valence-electron chi connectivity index (χ2n) is 12.0. The lowest BCUT2D eigenvalue weighted by atomic mass is 9.94. The Hall–Kier alpha value is -3.45. The Balaban J connectivity index is 1.99. The van der Waals surface area contributed by atoms with Gasteiger partial charge in [0.1, 0.15) is 23.4 Å². The van der Waals surface area contributed by atoms with Gasteiger partial charge in [0.2, 0.25) is 10.0 Å². The number of hydrogen-bond acceptors (Lipinski definition) is 8. The molecule has 0 aliphatic carbocycles. The Labute approximate surface area is 253 Å². The number of hydrogen-bond donors (Lipinski definition) is 3. The lowest BCUT2D eigenvalue weighted by Gasteiger charge is -2.35. The Morgan fingerprint density at radius 3 is 2.47 bits per heavy atom. The molecule has 0 saturated carbocycles. The molecular weight excluding hydrogens is 577 g/mol. The monoisotopic (exact) mass is 621 g/mol. The van der Waals surface area contributed by atoms with Crippen molar-refractivity contribution in [2.75, 3.05) is 29.5 Å². The minimum atomic E-state index is -3.69. The second-order valence-corrected chi connectivity index (χ2v) is 14.0. The lowest BCUT2D eigenvalue weighted by molar-refractivity contribution is -0.0123. The third-order valence-corrected chi connectivity index (χ3v) is 8.46. The van der Waals surface area contributed by atoms with Gasteiger partial charge in [-0.2, -0.15) is 0 Å². The molecule has 2 amide bonds. The number of nitrogens with zero attached hydrogens (tertiary/aromatic N) is 3. The molecule has 1 aromatic heterocycles. The minimum Gasteiger partial charge on any atom is -0.444 e. The molecule has 3 N–H and O–H groups in total. The van der Waals surface area contributed by atoms with Crippen molar-refractivity contribution in [3.63, 3.8) is 0 Å². The van der Waals surface area contributed by atoms with E-state index in [9.17, 15) is 23.1 Å². The van der Waals surface area contributed by atoms with E-state index in [4.69, 9.17) is 4.74 Å². The van der Waals surface area contributed by atoms with Crippen LogP contribution in [0.5, 0.6) is 0 Å². The van der Waals surface area contributed by atoms with Crippen molar-refractivity contribution in [1.29, 1.82) is 0 Å². The number of anilines is 2. The summed E-state index contributed by atoms with van der Waals surface area (Å²) in [6.07, 6.45) is -1.85. The van der Waals surface area contributed by atoms with Gasteiger partial charge in [0.25, 0.3) is 5.91 Å². The molecule has 4 unspecified atom stereocenters. The third kappa shape index (κ3) is 9.27. The quantitative estimate of drug-likeness (QED) is 0.345. The molecule has 0 radical (unpaired) electrons. The van der Waals surface area contributed by atoms with Crippen molar-refractivity contribution < 1.29 is 32.2 Å². The number of aromatic nitrogens is 1. The number of pyridine rings is 1. The van der Waals surface area contributed by atoms with Crippen molar-refractivity contribution in [3.8, 4) is 0 Å². The fourth-order valence-corrected chi connectivity index (χ4v) is 5.16. The van der Waals surface area contributed by atoms with E-state index < -0.39 is 52.0 Å². The maximum atomic E-state index is 15.3. The fraction of sp³-hybridized carbons (Fsp3) is 0.567. The Morgan fingerprint density at radius 1 is 1.23 bits per heavy atom. The predicted molar refractivity (Wildman–Crippen MR) is 165 cm³/mol. The number of halogens is 1. The summed E-state index contributed by atoms with van der Waals surface area (Å²) < 4.78 is 46.3. The molecule has 1 fully saturated rings. The van der Waals surface area contributed by atoms with Gasteiger partial charge >= 0.3 is 6.09 Å². The Bertz CT molecular complexity index is 1370. The van der Waals surface area contributed by atoms with Crippen LogP contribution >= 0.6 is 0 Å². The largest absolute Gasteiger partial charge is 0.444 e. The van der Waals surface area contributed by atoms with Gasteiger partial charge in [0.05, 0.1) is 24.4 Å². The maximum Gasteiger partial charge on any atom is 0.410 e. The molecule has 3 rings (SSSR count). The molecule has 43 heavy (non-hydrogen) atoms. The highest BCUT2D eigenvalue weighted by Gasteiger charge is 2.46. The van der Waals surface area contributed by atoms with Crippen LogP contribution in [0.25, 0.3) is 0 Å². The fourth-order valence-electron chi connectivity index (χ4n) is 4.73. The Kier molecular flexibility index (Phi) is 11.0. The van der Waals surface area contributed by atoms with Crippen LogP contribution in [-0.4, -0.2) is 91.3 Å². The van der Waals surface area contributed by atoms with Gasteiger partial charge in [-0.3, -0.25) is 14.0 Å². The molecule has 5 atom stereocenters. The third-order valence-electron chi connectivity index (χ3n) is 7.28. The molecule has 238 valence electrons. The molecule has 2 aromatic rings. The van der Waals surface area contributed by atoms with Crippen molar-refractivity contribution in [2.24, 2.45) is 0 Å². The first-order valence-corrected chi connectivity index (χ1v) is 16.2. The van der Waals surface area contributed by atoms with Gasteiger partial charge in [0, 0.05) is 25.2 Å². The number of likely N-dealkylation sites (tertiary alicyclic amines) is 1. The van der Waals surface area contributed by atoms with E-state index in [1.54, 1.807) is 20.8 Å². The van der Waals surface area contributed by atoms with Gasteiger partial charge in [0.15, 0.2) is 0 Å². The zero-order valence-corrected chi connectivity index (χ0v) is 26.7. The average Bonchev–Trinajstić information content (AvgIpc) is 3.32. The summed E-state index contributed by atoms with van der Waals surface area (Å²) in [5.41, 5.74) is 0.0388. The van der Waals surface area contributed by atoms with E-state index in [0.717, 1.165) is 22.5 Å². The summed E-state index contributed by atoms with van der Waals surface area (Å²) in [7, 11) is -2.36. The Morgan fingerprint density at radius 2 is 1.88 bits per heavy atom. The van der Waals surface area contributed by atoms with Crippen LogP contribution in [0, 0.1) is 0 Å². The number of nitrogens with one attached hydrogen (secondary N) is 2. The number of alkyl halides is 1. The highest BCUT2D eigenvalue weighted by atomic mass is 32.2. The standard InChI is InChI=1S/C30H44FN5O6S/c1-8-19(2)32-24-17-21(18-25(34-24)35(6)43(7,40)41)28(38)33-23(16-20-12-10-9-11-13-20)27(37)26-22(31)14-15-36(26)29(39)42-30(3,4)5/h9-13,17-19,22-23,26-27,37H,8,14-16H2,1-7H3,(H,32,34)(H,33,38)/t19?,22?,23-,26?,27?/m0/s1. The molecular formula is C30H44FN5O6S. The molecule has 2 heterocycles. The second kappa shape index (κ2) is 13.9. The summed E-state index contributed by atoms with van der Waals surface area (Å²) in [5, 5.41) is 17.6. The molecule has 1 aliphatic rings. The van der Waals surface area contributed by atoms with Crippen LogP contribution in [0.1, 0.15) is 63.4 Å². The number of rotatable bonds is 11. The van der Waals surface area contributed by atoms with Gasteiger partial charge < -0.3 is 20.5 Å². The zero-order valence-electron chi connectivity index (χ0n) is 25.9. The van der Waals surface area contributed by atoms with Crippen LogP contribution in [0.4, 0.5) is 20.8 Å². The summed E-state index contributed by atoms with van der Waals surface area (Å²) in [6, 6.07) is 9.63. The van der Waals surface area contributed by atoms with Gasteiger partial charge in [-0.15, -0.1) is 0 Å². The minimum absolute atomic E-state index is 0.0162. The van der Waals surface area contributed by atoms with E-state index in [1.165, 1.54) is 24.1 Å². The van der Waals surface area contributed by atoms with Crippen molar-refractivity contribution >= 4 is 33.7 Å². The highest BCUT2D eigenvalue weighted by Crippen LogP contribution is 2.29. The number of carbonyl (C=O) groups excluding carboxylic acids is 2. The first kappa shape index (κ1) is 34.0. The molecule has 0 bridgehead atoms. The van der Waals surface area contributed by atoms with Crippen LogP contribution in [0.15, 0.2) is 42.5 Å². The molecule has 0 spiro atoms. The zero-order chi connectivity index (χ0) is 32.1. The lowest BCUT2D eigenvalue weighted by Crippen LogP contribution is -2.57. The number of carbonyl (C=O) groups is 2. The molecule has 1 aromatic carbocycles. The number of ether oxygens (including phenoxy) is 1. The summed E-state index contributed by atoms with van der Waals surface area (Å²) in [6.45, 7) is 9.05. The predicted octanol–water partition coefficient (Wildman–Crippen LogP) is 3.74. The highest BCUT2D eigenvalue weighted by molar-refractivity contribution is 7.92. The van der Waals surface area contributed by atoms with Crippen molar-refractivity contribution in [2.45, 2.75) is 89.9 Å². The molecule has 1 saturated heterocycles. The van der Waals surface area contributed by atoms with E-state index >= 15 is 4.39 Å². The smallest absolute Gasteiger partial charge is 0.410 e. The number of aliphatic hydroxyl groups is 1. The van der Waals surface area contributed by atoms with Crippen LogP contribution in [0.3, 0.4) is 0 Å². The molecule has 13 heteroatoms. The maximum absolute atomic E-state index is 15.3. The number of benzene rings is 1. The van der Waals surface area contributed by atoms with Gasteiger partial charge in [-0.25, -0.2) is 22.6 Å². The topological polar surface area (TPSA) is 141 Å². The van der Waals surface area contributed by atoms with Gasteiger partial charge in [-0.1, -0.05) is 37.3 Å². The SMILES string of the molecule is CCC(C)Nc1cc(C(=O)N[C@@H](Cc2ccccc2)C(O)C2C(F)CCN2C(=O)OC(C)(C)C)cc(N(C)S(C)(=O)=O)n1. The molecule has 1 aliphatic heterocycles. The number of amides is 2. The molecule has 11 nitrogen and oxygen atoms in total. The summed E-state index contributed by atoms with van der Waals surface area (Å²) in [5.74, 6) is -0.310. The van der Waals surface area contributed by atoms with Crippen LogP contribution in [0.2, 0.25) is 0 Å². The van der Waals surface area contributed by atoms with Gasteiger partial charge in [-0.05, 0) is 64.7 Å².